The quantitative estimate of drug-likeness (QED) is 0.750. The van der Waals surface area contributed by atoms with E-state index in [2.05, 4.69) is 5.32 Å². The molecule has 3 heteroatoms. The Hall–Kier alpha value is -0.570. The molecule has 92 valence electrons. The summed E-state index contributed by atoms with van der Waals surface area (Å²) in [4.78, 5) is 11.7. The van der Waals surface area contributed by atoms with Crippen LogP contribution in [0.25, 0.3) is 0 Å². The predicted molar refractivity (Wildman–Crippen MR) is 63.0 cm³/mol. The van der Waals surface area contributed by atoms with Crippen LogP contribution in [0.3, 0.4) is 0 Å². The monoisotopic (exact) mass is 225 g/mol. The largest absolute Gasteiger partial charge is 0.396 e. The summed E-state index contributed by atoms with van der Waals surface area (Å²) < 4.78 is 0. The maximum Gasteiger partial charge on any atom is 0.220 e. The van der Waals surface area contributed by atoms with E-state index in [1.807, 2.05) is 0 Å². The van der Waals surface area contributed by atoms with Gasteiger partial charge in [-0.05, 0) is 31.6 Å². The standard InChI is InChI=1S/C13H23NO2/c15-10-13(6-1-2-7-13)9-14-12(16)8-11-4-3-5-11/h11,15H,1-10H2,(H,14,16). The molecule has 2 aliphatic carbocycles. The number of aliphatic hydroxyl groups is 1. The zero-order valence-electron chi connectivity index (χ0n) is 10.0. The van der Waals surface area contributed by atoms with Crippen LogP contribution in [0.4, 0.5) is 0 Å². The van der Waals surface area contributed by atoms with Crippen LogP contribution in [0, 0.1) is 11.3 Å². The lowest BCUT2D eigenvalue weighted by molar-refractivity contribution is -0.123. The molecule has 2 rings (SSSR count). The Balaban J connectivity index is 1.70. The van der Waals surface area contributed by atoms with Crippen molar-refractivity contribution in [2.75, 3.05) is 13.2 Å². The highest BCUT2D eigenvalue weighted by molar-refractivity contribution is 5.76. The number of carbonyl (C=O) groups is 1. The Morgan fingerprint density at radius 1 is 1.25 bits per heavy atom. The van der Waals surface area contributed by atoms with Crippen molar-refractivity contribution in [2.45, 2.75) is 51.4 Å². The Morgan fingerprint density at radius 2 is 1.94 bits per heavy atom. The van der Waals surface area contributed by atoms with E-state index in [1.165, 1.54) is 32.1 Å². The van der Waals surface area contributed by atoms with Crippen LogP contribution < -0.4 is 5.32 Å². The van der Waals surface area contributed by atoms with Crippen LogP contribution in [0.2, 0.25) is 0 Å². The van der Waals surface area contributed by atoms with Gasteiger partial charge in [-0.2, -0.15) is 0 Å². The van der Waals surface area contributed by atoms with Gasteiger partial charge in [0.1, 0.15) is 0 Å². The Morgan fingerprint density at radius 3 is 2.44 bits per heavy atom. The molecule has 0 aromatic heterocycles. The molecule has 0 bridgehead atoms. The fraction of sp³-hybridized carbons (Fsp3) is 0.923. The molecular weight excluding hydrogens is 202 g/mol. The molecule has 16 heavy (non-hydrogen) atoms. The molecule has 2 fully saturated rings. The van der Waals surface area contributed by atoms with Gasteiger partial charge in [0.25, 0.3) is 0 Å². The van der Waals surface area contributed by atoms with Crippen molar-refractivity contribution >= 4 is 5.91 Å². The van der Waals surface area contributed by atoms with Gasteiger partial charge in [0.2, 0.25) is 5.91 Å². The Kier molecular flexibility index (Phi) is 3.85. The van der Waals surface area contributed by atoms with Gasteiger partial charge in [0.05, 0.1) is 6.61 Å². The third-order valence-electron chi connectivity index (χ3n) is 4.36. The maximum atomic E-state index is 11.7. The molecule has 1 amide bonds. The summed E-state index contributed by atoms with van der Waals surface area (Å²) in [5, 5.41) is 12.4. The molecule has 3 nitrogen and oxygen atoms in total. The molecule has 2 aliphatic rings. The molecule has 0 spiro atoms. The minimum Gasteiger partial charge on any atom is -0.396 e. The van der Waals surface area contributed by atoms with Gasteiger partial charge >= 0.3 is 0 Å². The molecule has 2 saturated carbocycles. The fourth-order valence-electron chi connectivity index (χ4n) is 2.83. The topological polar surface area (TPSA) is 49.3 Å². The van der Waals surface area contributed by atoms with Gasteiger partial charge < -0.3 is 10.4 Å². The van der Waals surface area contributed by atoms with Crippen molar-refractivity contribution < 1.29 is 9.90 Å². The third kappa shape index (κ3) is 2.76. The molecule has 0 aromatic carbocycles. The summed E-state index contributed by atoms with van der Waals surface area (Å²) in [5.41, 5.74) is -0.00469. The molecular formula is C13H23NO2. The van der Waals surface area contributed by atoms with Gasteiger partial charge in [-0.25, -0.2) is 0 Å². The summed E-state index contributed by atoms with van der Waals surface area (Å²) in [7, 11) is 0. The molecule has 0 saturated heterocycles. The number of hydrogen-bond donors (Lipinski definition) is 2. The van der Waals surface area contributed by atoms with Crippen molar-refractivity contribution in [3.8, 4) is 0 Å². The number of aliphatic hydroxyl groups excluding tert-OH is 1. The minimum absolute atomic E-state index is 0.00469. The van der Waals surface area contributed by atoms with Crippen molar-refractivity contribution in [2.24, 2.45) is 11.3 Å². The molecule has 0 aliphatic heterocycles. The van der Waals surface area contributed by atoms with Crippen LogP contribution in [0.15, 0.2) is 0 Å². The summed E-state index contributed by atoms with van der Waals surface area (Å²) >= 11 is 0. The van der Waals surface area contributed by atoms with Crippen molar-refractivity contribution in [1.29, 1.82) is 0 Å². The Bertz CT molecular complexity index is 242. The lowest BCUT2D eigenvalue weighted by atomic mass is 9.82. The highest BCUT2D eigenvalue weighted by Gasteiger charge is 2.33. The first-order valence-corrected chi connectivity index (χ1v) is 6.62. The molecule has 0 aromatic rings. The SMILES string of the molecule is O=C(CC1CCC1)NCC1(CO)CCCC1. The molecule has 0 radical (unpaired) electrons. The van der Waals surface area contributed by atoms with Gasteiger partial charge in [-0.15, -0.1) is 0 Å². The lowest BCUT2D eigenvalue weighted by Gasteiger charge is -2.28. The van der Waals surface area contributed by atoms with Crippen LogP contribution in [-0.2, 0) is 4.79 Å². The number of carbonyl (C=O) groups excluding carboxylic acids is 1. The summed E-state index contributed by atoms with van der Waals surface area (Å²) in [6.07, 6.45) is 8.94. The van der Waals surface area contributed by atoms with Gasteiger partial charge in [0, 0.05) is 18.4 Å². The van der Waals surface area contributed by atoms with Crippen LogP contribution in [0.1, 0.15) is 51.4 Å². The third-order valence-corrected chi connectivity index (χ3v) is 4.36. The van der Waals surface area contributed by atoms with E-state index in [0.717, 1.165) is 12.8 Å². The second-order valence-electron chi connectivity index (χ2n) is 5.64. The van der Waals surface area contributed by atoms with E-state index in [1.54, 1.807) is 0 Å². The summed E-state index contributed by atoms with van der Waals surface area (Å²) in [6, 6.07) is 0. The number of rotatable bonds is 5. The van der Waals surface area contributed by atoms with E-state index >= 15 is 0 Å². The van der Waals surface area contributed by atoms with Crippen LogP contribution in [-0.4, -0.2) is 24.2 Å². The lowest BCUT2D eigenvalue weighted by Crippen LogP contribution is -2.39. The molecule has 0 heterocycles. The van der Waals surface area contributed by atoms with Crippen molar-refractivity contribution in [3.63, 3.8) is 0 Å². The van der Waals surface area contributed by atoms with Gasteiger partial charge in [-0.1, -0.05) is 19.3 Å². The average molecular weight is 225 g/mol. The summed E-state index contributed by atoms with van der Waals surface area (Å²) in [5.74, 6) is 0.818. The first-order valence-electron chi connectivity index (χ1n) is 6.62. The number of hydrogen-bond acceptors (Lipinski definition) is 2. The van der Waals surface area contributed by atoms with Crippen LogP contribution in [0.5, 0.6) is 0 Å². The first kappa shape index (κ1) is 11.9. The number of amides is 1. The number of nitrogens with one attached hydrogen (secondary N) is 1. The van der Waals surface area contributed by atoms with Crippen molar-refractivity contribution in [3.05, 3.63) is 0 Å². The summed E-state index contributed by atoms with van der Waals surface area (Å²) in [6.45, 7) is 0.895. The second kappa shape index (κ2) is 5.17. The Labute approximate surface area is 97.6 Å². The average Bonchev–Trinajstić information content (AvgIpc) is 2.70. The second-order valence-corrected chi connectivity index (χ2v) is 5.64. The van der Waals surface area contributed by atoms with E-state index in [0.29, 0.717) is 18.9 Å². The molecule has 0 unspecified atom stereocenters. The molecule has 0 atom stereocenters. The first-order chi connectivity index (χ1) is 7.74. The minimum atomic E-state index is -0.00469. The van der Waals surface area contributed by atoms with E-state index < -0.39 is 0 Å². The van der Waals surface area contributed by atoms with Gasteiger partial charge in [-0.3, -0.25) is 4.79 Å². The smallest absolute Gasteiger partial charge is 0.220 e. The highest BCUT2D eigenvalue weighted by atomic mass is 16.3. The normalized spacial score (nSPS) is 24.1. The van der Waals surface area contributed by atoms with Crippen LogP contribution >= 0.6 is 0 Å². The molecule has 2 N–H and O–H groups in total. The van der Waals surface area contributed by atoms with Gasteiger partial charge in [0.15, 0.2) is 0 Å². The maximum absolute atomic E-state index is 11.7. The van der Waals surface area contributed by atoms with E-state index in [9.17, 15) is 9.90 Å². The van der Waals surface area contributed by atoms with Crippen molar-refractivity contribution in [1.82, 2.24) is 5.32 Å². The fourth-order valence-corrected chi connectivity index (χ4v) is 2.83. The van der Waals surface area contributed by atoms with E-state index in [-0.39, 0.29) is 17.9 Å². The zero-order valence-corrected chi connectivity index (χ0v) is 10.0. The highest BCUT2D eigenvalue weighted by Crippen LogP contribution is 2.37. The van der Waals surface area contributed by atoms with E-state index in [4.69, 9.17) is 0 Å². The predicted octanol–water partition coefficient (Wildman–Crippen LogP) is 1.85. The zero-order chi connectivity index (χ0) is 11.4.